The van der Waals surface area contributed by atoms with Gasteiger partial charge in [-0.25, -0.2) is 8.78 Å². The van der Waals surface area contributed by atoms with Crippen molar-refractivity contribution < 1.29 is 13.6 Å². The van der Waals surface area contributed by atoms with Crippen LogP contribution in [0.2, 0.25) is 0 Å². The molecule has 5 heteroatoms. The topological polar surface area (TPSA) is 32.3 Å². The van der Waals surface area contributed by atoms with E-state index in [1.165, 1.54) is 4.90 Å². The molecule has 1 aromatic carbocycles. The molecule has 1 aromatic rings. The molecule has 3 nitrogen and oxygen atoms in total. The molecule has 0 aliphatic carbocycles. The van der Waals surface area contributed by atoms with E-state index in [4.69, 9.17) is 0 Å². The summed E-state index contributed by atoms with van der Waals surface area (Å²) in [7, 11) is 1.64. The van der Waals surface area contributed by atoms with Crippen molar-refractivity contribution in [3.63, 3.8) is 0 Å². The van der Waals surface area contributed by atoms with Gasteiger partial charge in [-0.15, -0.1) is 0 Å². The number of halogens is 2. The van der Waals surface area contributed by atoms with Gasteiger partial charge in [0.2, 0.25) is 5.91 Å². The zero-order chi connectivity index (χ0) is 15.4. The summed E-state index contributed by atoms with van der Waals surface area (Å²) >= 11 is 0. The zero-order valence-corrected chi connectivity index (χ0v) is 12.5. The van der Waals surface area contributed by atoms with Gasteiger partial charge >= 0.3 is 0 Å². The molecule has 0 bridgehead atoms. The Balaban J connectivity index is 1.95. The number of nitrogens with one attached hydrogen (secondary N) is 1. The van der Waals surface area contributed by atoms with Crippen LogP contribution in [0.25, 0.3) is 0 Å². The van der Waals surface area contributed by atoms with Crippen molar-refractivity contribution >= 4 is 5.91 Å². The van der Waals surface area contributed by atoms with E-state index in [0.717, 1.165) is 44.1 Å². The first kappa shape index (κ1) is 15.9. The summed E-state index contributed by atoms with van der Waals surface area (Å²) in [6.07, 6.45) is 2.39. The van der Waals surface area contributed by atoms with Crippen LogP contribution >= 0.6 is 0 Å². The second-order valence-electron chi connectivity index (χ2n) is 5.74. The monoisotopic (exact) mass is 296 g/mol. The summed E-state index contributed by atoms with van der Waals surface area (Å²) in [6.45, 7) is 3.69. The lowest BCUT2D eigenvalue weighted by molar-refractivity contribution is -0.132. The van der Waals surface area contributed by atoms with E-state index in [2.05, 4.69) is 5.32 Å². The molecule has 0 aromatic heterocycles. The average molecular weight is 296 g/mol. The predicted molar refractivity (Wildman–Crippen MR) is 77.8 cm³/mol. The zero-order valence-electron chi connectivity index (χ0n) is 12.5. The fourth-order valence-electron chi connectivity index (χ4n) is 2.72. The number of carbonyl (C=O) groups is 1. The molecular weight excluding hydrogens is 274 g/mol. The molecule has 2 unspecified atom stereocenters. The molecule has 1 fully saturated rings. The van der Waals surface area contributed by atoms with E-state index < -0.39 is 17.7 Å². The smallest absolute Gasteiger partial charge is 0.222 e. The Kier molecular flexibility index (Phi) is 5.28. The molecule has 116 valence electrons. The van der Waals surface area contributed by atoms with Crippen LogP contribution in [0.5, 0.6) is 0 Å². The molecular formula is C16H22F2N2O. The Morgan fingerprint density at radius 1 is 1.48 bits per heavy atom. The van der Waals surface area contributed by atoms with E-state index in [9.17, 15) is 13.6 Å². The molecule has 0 saturated carbocycles. The molecule has 0 radical (unpaired) electrons. The lowest BCUT2D eigenvalue weighted by Crippen LogP contribution is -2.30. The Bertz CT molecular complexity index is 501. The van der Waals surface area contributed by atoms with E-state index in [0.29, 0.717) is 12.3 Å². The van der Waals surface area contributed by atoms with Crippen LogP contribution < -0.4 is 5.32 Å². The Hall–Kier alpha value is -1.49. The van der Waals surface area contributed by atoms with Crippen molar-refractivity contribution in [2.45, 2.75) is 32.2 Å². The number of carbonyl (C=O) groups excluding carboxylic acids is 1. The van der Waals surface area contributed by atoms with Crippen molar-refractivity contribution in [3.05, 3.63) is 35.4 Å². The van der Waals surface area contributed by atoms with Gasteiger partial charge in [0.25, 0.3) is 0 Å². The van der Waals surface area contributed by atoms with E-state index >= 15 is 0 Å². The first-order valence-electron chi connectivity index (χ1n) is 7.40. The maximum Gasteiger partial charge on any atom is 0.222 e. The highest BCUT2D eigenvalue weighted by Crippen LogP contribution is 2.24. The number of benzene rings is 1. The van der Waals surface area contributed by atoms with Gasteiger partial charge in [-0.05, 0) is 57.0 Å². The molecule has 1 amide bonds. The van der Waals surface area contributed by atoms with Crippen molar-refractivity contribution in [2.24, 2.45) is 5.92 Å². The fourth-order valence-corrected chi connectivity index (χ4v) is 2.72. The average Bonchev–Trinajstić information content (AvgIpc) is 2.99. The standard InChI is InChI=1S/C16H22F2N2O/c1-11(14-9-13(17)4-5-15(14)18)20(2)16(21)6-3-12-7-8-19-10-12/h4-5,9,11-12,19H,3,6-8,10H2,1-2H3. The quantitative estimate of drug-likeness (QED) is 0.906. The van der Waals surface area contributed by atoms with Crippen LogP contribution in [-0.2, 0) is 4.79 Å². The highest BCUT2D eigenvalue weighted by atomic mass is 19.1. The van der Waals surface area contributed by atoms with Crippen LogP contribution in [0.4, 0.5) is 8.78 Å². The van der Waals surface area contributed by atoms with E-state index in [1.54, 1.807) is 14.0 Å². The normalized spacial score (nSPS) is 19.5. The third-order valence-corrected chi connectivity index (χ3v) is 4.31. The summed E-state index contributed by atoms with van der Waals surface area (Å²) in [5, 5.41) is 3.27. The van der Waals surface area contributed by atoms with Crippen LogP contribution in [0.3, 0.4) is 0 Å². The second-order valence-corrected chi connectivity index (χ2v) is 5.74. The van der Waals surface area contributed by atoms with Gasteiger partial charge < -0.3 is 10.2 Å². The number of rotatable bonds is 5. The van der Waals surface area contributed by atoms with Gasteiger partial charge in [0.15, 0.2) is 0 Å². The van der Waals surface area contributed by atoms with Crippen molar-refractivity contribution in [2.75, 3.05) is 20.1 Å². The summed E-state index contributed by atoms with van der Waals surface area (Å²) < 4.78 is 27.0. The van der Waals surface area contributed by atoms with Gasteiger partial charge in [0.05, 0.1) is 6.04 Å². The summed E-state index contributed by atoms with van der Waals surface area (Å²) in [6, 6.07) is 2.87. The summed E-state index contributed by atoms with van der Waals surface area (Å²) in [5.41, 5.74) is 0.216. The highest BCUT2D eigenvalue weighted by Gasteiger charge is 2.22. The van der Waals surface area contributed by atoms with Crippen LogP contribution in [0, 0.1) is 17.6 Å². The van der Waals surface area contributed by atoms with Gasteiger partial charge in [-0.1, -0.05) is 0 Å². The van der Waals surface area contributed by atoms with Crippen LogP contribution in [0.15, 0.2) is 18.2 Å². The SMILES string of the molecule is CC(c1cc(F)ccc1F)N(C)C(=O)CCC1CCNC1. The van der Waals surface area contributed by atoms with Crippen molar-refractivity contribution in [1.29, 1.82) is 0 Å². The lowest BCUT2D eigenvalue weighted by Gasteiger charge is -2.26. The number of nitrogens with zero attached hydrogens (tertiary/aromatic N) is 1. The second kappa shape index (κ2) is 6.98. The molecule has 1 saturated heterocycles. The third kappa shape index (κ3) is 4.00. The number of hydrogen-bond acceptors (Lipinski definition) is 2. The molecule has 1 N–H and O–H groups in total. The third-order valence-electron chi connectivity index (χ3n) is 4.31. The Morgan fingerprint density at radius 2 is 2.24 bits per heavy atom. The Labute approximate surface area is 124 Å². The van der Waals surface area contributed by atoms with Crippen molar-refractivity contribution in [1.82, 2.24) is 10.2 Å². The molecule has 2 rings (SSSR count). The number of amides is 1. The first-order chi connectivity index (χ1) is 9.99. The van der Waals surface area contributed by atoms with E-state index in [-0.39, 0.29) is 11.5 Å². The van der Waals surface area contributed by atoms with Gasteiger partial charge in [0, 0.05) is 19.0 Å². The molecule has 1 aliphatic rings. The van der Waals surface area contributed by atoms with Crippen molar-refractivity contribution in [3.8, 4) is 0 Å². The molecule has 0 spiro atoms. The minimum Gasteiger partial charge on any atom is -0.339 e. The Morgan fingerprint density at radius 3 is 2.90 bits per heavy atom. The highest BCUT2D eigenvalue weighted by molar-refractivity contribution is 5.76. The van der Waals surface area contributed by atoms with Crippen LogP contribution in [0.1, 0.15) is 37.8 Å². The molecule has 21 heavy (non-hydrogen) atoms. The van der Waals surface area contributed by atoms with Gasteiger partial charge in [0.1, 0.15) is 11.6 Å². The number of hydrogen-bond donors (Lipinski definition) is 1. The molecule has 2 atom stereocenters. The van der Waals surface area contributed by atoms with E-state index in [1.807, 2.05) is 0 Å². The summed E-state index contributed by atoms with van der Waals surface area (Å²) in [4.78, 5) is 13.7. The maximum absolute atomic E-state index is 13.8. The lowest BCUT2D eigenvalue weighted by atomic mass is 10.0. The predicted octanol–water partition coefficient (Wildman–Crippen LogP) is 2.87. The molecule has 1 aliphatic heterocycles. The van der Waals surface area contributed by atoms with Crippen LogP contribution in [-0.4, -0.2) is 30.9 Å². The molecule has 1 heterocycles. The summed E-state index contributed by atoms with van der Waals surface area (Å²) in [5.74, 6) is -0.457. The van der Waals surface area contributed by atoms with Gasteiger partial charge in [-0.2, -0.15) is 0 Å². The largest absolute Gasteiger partial charge is 0.339 e. The fraction of sp³-hybridized carbons (Fsp3) is 0.562. The minimum atomic E-state index is -0.490. The van der Waals surface area contributed by atoms with Gasteiger partial charge in [-0.3, -0.25) is 4.79 Å². The first-order valence-corrected chi connectivity index (χ1v) is 7.40. The minimum absolute atomic E-state index is 0.0296. The maximum atomic E-state index is 13.8.